The number of carboxylic acid groups (broad SMARTS) is 1. The molecule has 9 heteroatoms. The minimum absolute atomic E-state index is 0.139. The molecule has 61 heavy (non-hydrogen) atoms. The molecule has 0 radical (unpaired) electrons. The van der Waals surface area contributed by atoms with Crippen LogP contribution in [0, 0.1) is 0 Å². The molecule has 0 saturated heterocycles. The number of rotatable bonds is 44. The molecule has 0 aliphatic heterocycles. The van der Waals surface area contributed by atoms with Crippen molar-refractivity contribution in [3.8, 4) is 0 Å². The molecule has 0 saturated carbocycles. The predicted molar refractivity (Wildman–Crippen MR) is 251 cm³/mol. The minimum atomic E-state index is -1.63. The van der Waals surface area contributed by atoms with Gasteiger partial charge in [0.1, 0.15) is 13.2 Å². The van der Waals surface area contributed by atoms with Crippen molar-refractivity contribution in [3.63, 3.8) is 0 Å². The van der Waals surface area contributed by atoms with Gasteiger partial charge < -0.3 is 33.3 Å². The average molecular weight is 858 g/mol. The molecular weight excluding hydrogens is 767 g/mol. The lowest BCUT2D eigenvalue weighted by atomic mass is 10.0. The number of carbonyl (C=O) groups excluding carboxylic acids is 3. The fraction of sp³-hybridized carbons (Fsp3) is 0.750. The maximum Gasteiger partial charge on any atom is 0.306 e. The predicted octanol–water partition coefficient (Wildman–Crippen LogP) is 12.0. The van der Waals surface area contributed by atoms with E-state index in [0.717, 1.165) is 70.6 Å². The Hall–Kier alpha value is -3.01. The lowest BCUT2D eigenvalue weighted by Crippen LogP contribution is -2.44. The van der Waals surface area contributed by atoms with Gasteiger partial charge in [-0.1, -0.05) is 184 Å². The van der Waals surface area contributed by atoms with Crippen molar-refractivity contribution in [2.45, 2.75) is 206 Å². The van der Waals surface area contributed by atoms with Crippen LogP contribution in [0.2, 0.25) is 0 Å². The average Bonchev–Trinajstić information content (AvgIpc) is 3.22. The highest BCUT2D eigenvalue weighted by Crippen LogP contribution is 2.15. The standard InChI is InChI=1S/C52H91NO8/c1-6-8-10-12-14-16-18-20-22-24-25-27-29-31-33-35-37-39-41-43-50(55)61-48(47-60-52(51(56)57)58-45-44-53(3,4)5)46-59-49(54)42-40-38-36-34-32-30-28-26-23-21-19-17-15-13-11-9-7-2/h8,10,14,16,20,22,25,27,31,33,48,52H,6-7,9,11-13,15,17-19,21,23-24,26,28-30,32,34-47H2,1-5H3/b10-8-,16-14-,22-20-,27-25-,33-31-. The van der Waals surface area contributed by atoms with E-state index in [9.17, 15) is 19.5 Å². The number of unbranched alkanes of at least 4 members (excludes halogenated alkanes) is 19. The molecule has 0 aromatic rings. The summed E-state index contributed by atoms with van der Waals surface area (Å²) in [6, 6.07) is 0. The van der Waals surface area contributed by atoms with Crippen LogP contribution in [0.5, 0.6) is 0 Å². The third-order valence-electron chi connectivity index (χ3n) is 10.3. The largest absolute Gasteiger partial charge is 0.545 e. The summed E-state index contributed by atoms with van der Waals surface area (Å²) in [5.41, 5.74) is 0. The van der Waals surface area contributed by atoms with E-state index in [1.807, 2.05) is 21.1 Å². The second-order valence-electron chi connectivity index (χ2n) is 17.4. The number of allylic oxidation sites excluding steroid dienone is 10. The van der Waals surface area contributed by atoms with E-state index in [2.05, 4.69) is 74.6 Å². The summed E-state index contributed by atoms with van der Waals surface area (Å²) < 4.78 is 22.6. The quantitative estimate of drug-likeness (QED) is 0.0196. The molecule has 2 atom stereocenters. The molecule has 0 aliphatic carbocycles. The molecule has 0 aliphatic rings. The zero-order valence-electron chi connectivity index (χ0n) is 39.8. The number of quaternary nitrogens is 1. The summed E-state index contributed by atoms with van der Waals surface area (Å²) in [5.74, 6) is -2.33. The summed E-state index contributed by atoms with van der Waals surface area (Å²) in [6.45, 7) is 4.59. The summed E-state index contributed by atoms with van der Waals surface area (Å²) in [6.07, 6.45) is 49.6. The van der Waals surface area contributed by atoms with Crippen molar-refractivity contribution in [1.82, 2.24) is 0 Å². The fourth-order valence-corrected chi connectivity index (χ4v) is 6.50. The molecule has 0 aromatic heterocycles. The van der Waals surface area contributed by atoms with Crippen LogP contribution in [0.15, 0.2) is 60.8 Å². The maximum absolute atomic E-state index is 12.8. The van der Waals surface area contributed by atoms with E-state index >= 15 is 0 Å². The van der Waals surface area contributed by atoms with Gasteiger partial charge in [-0.15, -0.1) is 0 Å². The van der Waals surface area contributed by atoms with Crippen LogP contribution < -0.4 is 5.11 Å². The number of carboxylic acids is 1. The molecular formula is C52H91NO8. The summed E-state index contributed by atoms with van der Waals surface area (Å²) in [5, 5.41) is 11.7. The Morgan fingerprint density at radius 3 is 1.39 bits per heavy atom. The molecule has 0 amide bonds. The maximum atomic E-state index is 12.8. The van der Waals surface area contributed by atoms with E-state index in [4.69, 9.17) is 18.9 Å². The van der Waals surface area contributed by atoms with Crippen LogP contribution in [0.3, 0.4) is 0 Å². The van der Waals surface area contributed by atoms with Crippen LogP contribution >= 0.6 is 0 Å². The minimum Gasteiger partial charge on any atom is -0.545 e. The van der Waals surface area contributed by atoms with Crippen LogP contribution in [0.25, 0.3) is 0 Å². The van der Waals surface area contributed by atoms with E-state index < -0.39 is 24.3 Å². The van der Waals surface area contributed by atoms with E-state index in [1.165, 1.54) is 89.9 Å². The van der Waals surface area contributed by atoms with Crippen molar-refractivity contribution in [2.24, 2.45) is 0 Å². The van der Waals surface area contributed by atoms with E-state index in [1.54, 1.807) is 0 Å². The Morgan fingerprint density at radius 2 is 0.934 bits per heavy atom. The molecule has 0 bridgehead atoms. The van der Waals surface area contributed by atoms with Gasteiger partial charge >= 0.3 is 11.9 Å². The third-order valence-corrected chi connectivity index (χ3v) is 10.3. The van der Waals surface area contributed by atoms with Crippen molar-refractivity contribution >= 4 is 17.9 Å². The first-order valence-electron chi connectivity index (χ1n) is 24.4. The number of nitrogens with zero attached hydrogens (tertiary/aromatic N) is 1. The van der Waals surface area contributed by atoms with Gasteiger partial charge in [0.15, 0.2) is 12.4 Å². The molecule has 0 rings (SSSR count). The van der Waals surface area contributed by atoms with Crippen LogP contribution in [0.4, 0.5) is 0 Å². The van der Waals surface area contributed by atoms with Gasteiger partial charge in [0, 0.05) is 12.8 Å². The monoisotopic (exact) mass is 858 g/mol. The SMILES string of the molecule is CC/C=C\C/C=C\C/C=C\C/C=C\C/C=C\CCCCCC(=O)OC(COC(=O)CCCCCCCCCCCCCCCCCCC)COC(OCC[N+](C)(C)C)C(=O)[O-]. The first-order valence-corrected chi connectivity index (χ1v) is 24.4. The first-order chi connectivity index (χ1) is 29.6. The van der Waals surface area contributed by atoms with Crippen molar-refractivity contribution in [3.05, 3.63) is 60.8 Å². The molecule has 0 spiro atoms. The Morgan fingerprint density at radius 1 is 0.508 bits per heavy atom. The summed E-state index contributed by atoms with van der Waals surface area (Å²) in [4.78, 5) is 37.1. The Labute approximate surface area is 374 Å². The molecule has 0 aromatic carbocycles. The van der Waals surface area contributed by atoms with E-state index in [0.29, 0.717) is 17.4 Å². The summed E-state index contributed by atoms with van der Waals surface area (Å²) in [7, 11) is 5.90. The molecule has 352 valence electrons. The second-order valence-corrected chi connectivity index (χ2v) is 17.4. The third kappa shape index (κ3) is 44.8. The summed E-state index contributed by atoms with van der Waals surface area (Å²) >= 11 is 0. The molecule has 0 N–H and O–H groups in total. The smallest absolute Gasteiger partial charge is 0.306 e. The van der Waals surface area contributed by atoms with Crippen LogP contribution in [-0.4, -0.2) is 82.3 Å². The molecule has 9 nitrogen and oxygen atoms in total. The number of hydrogen-bond donors (Lipinski definition) is 0. The van der Waals surface area contributed by atoms with Gasteiger partial charge in [-0.25, -0.2) is 0 Å². The lowest BCUT2D eigenvalue weighted by Gasteiger charge is -2.26. The topological polar surface area (TPSA) is 111 Å². The Bertz CT molecular complexity index is 1180. The van der Waals surface area contributed by atoms with Gasteiger partial charge in [-0.05, 0) is 57.8 Å². The number of hydrogen-bond acceptors (Lipinski definition) is 8. The Kier molecular flexibility index (Phi) is 41.5. The normalized spacial score (nSPS) is 13.4. The highest BCUT2D eigenvalue weighted by atomic mass is 16.7. The molecule has 0 fully saturated rings. The van der Waals surface area contributed by atoms with Crippen LogP contribution in [-0.2, 0) is 33.3 Å². The zero-order valence-corrected chi connectivity index (χ0v) is 39.8. The van der Waals surface area contributed by atoms with Gasteiger partial charge in [0.2, 0.25) is 0 Å². The molecule has 2 unspecified atom stereocenters. The van der Waals surface area contributed by atoms with Crippen molar-refractivity contribution in [2.75, 3.05) is 47.5 Å². The highest BCUT2D eigenvalue weighted by Gasteiger charge is 2.21. The number of likely N-dealkylation sites (N-methyl/N-ethyl adjacent to an activating group) is 1. The highest BCUT2D eigenvalue weighted by molar-refractivity contribution is 5.70. The van der Waals surface area contributed by atoms with Gasteiger partial charge in [0.25, 0.3) is 0 Å². The first kappa shape index (κ1) is 58.0. The number of esters is 2. The number of aliphatic carboxylic acids is 1. The Balaban J connectivity index is 4.45. The number of carbonyl (C=O) groups is 3. The van der Waals surface area contributed by atoms with Crippen molar-refractivity contribution in [1.29, 1.82) is 0 Å². The fourth-order valence-electron chi connectivity index (χ4n) is 6.50. The van der Waals surface area contributed by atoms with Crippen molar-refractivity contribution < 1.29 is 42.9 Å². The molecule has 0 heterocycles. The lowest BCUT2D eigenvalue weighted by molar-refractivity contribution is -0.870. The van der Waals surface area contributed by atoms with Gasteiger partial charge in [-0.3, -0.25) is 9.59 Å². The van der Waals surface area contributed by atoms with Gasteiger partial charge in [0.05, 0.1) is 40.3 Å². The van der Waals surface area contributed by atoms with Gasteiger partial charge in [-0.2, -0.15) is 0 Å². The van der Waals surface area contributed by atoms with E-state index in [-0.39, 0.29) is 38.6 Å². The number of ether oxygens (including phenoxy) is 4. The second kappa shape index (κ2) is 43.6. The van der Waals surface area contributed by atoms with Crippen LogP contribution in [0.1, 0.15) is 194 Å². The zero-order chi connectivity index (χ0) is 44.9.